The predicted octanol–water partition coefficient (Wildman–Crippen LogP) is 5.45. The fourth-order valence-corrected chi connectivity index (χ4v) is 3.72. The Morgan fingerprint density at radius 3 is 2.50 bits per heavy atom. The van der Waals surface area contributed by atoms with Gasteiger partial charge in [0.1, 0.15) is 5.69 Å². The maximum atomic E-state index is 13.8. The summed E-state index contributed by atoms with van der Waals surface area (Å²) in [6.45, 7) is 6.34. The SMILES string of the molecule is CC(C)CC1CN(c2ccc(-c3ccnc(C(F)F)c3)cc2C(F)F)CCN1. The van der Waals surface area contributed by atoms with Crippen molar-refractivity contribution in [2.24, 2.45) is 5.92 Å². The van der Waals surface area contributed by atoms with E-state index in [-0.39, 0.29) is 17.3 Å². The van der Waals surface area contributed by atoms with Gasteiger partial charge in [0.15, 0.2) is 0 Å². The summed E-state index contributed by atoms with van der Waals surface area (Å²) in [5.41, 5.74) is 1.02. The van der Waals surface area contributed by atoms with Crippen LogP contribution in [0.2, 0.25) is 0 Å². The molecule has 0 radical (unpaired) electrons. The third kappa shape index (κ3) is 4.82. The number of benzene rings is 1. The van der Waals surface area contributed by atoms with Gasteiger partial charge in [0.2, 0.25) is 0 Å². The molecule has 1 aromatic heterocycles. The number of anilines is 1. The highest BCUT2D eigenvalue weighted by Crippen LogP contribution is 2.35. The van der Waals surface area contributed by atoms with E-state index in [1.807, 2.05) is 4.90 Å². The molecule has 152 valence electrons. The molecule has 1 aromatic carbocycles. The van der Waals surface area contributed by atoms with Crippen molar-refractivity contribution in [3.8, 4) is 11.1 Å². The van der Waals surface area contributed by atoms with Crippen LogP contribution in [0.4, 0.5) is 23.2 Å². The number of aromatic nitrogens is 1. The van der Waals surface area contributed by atoms with Gasteiger partial charge in [-0.1, -0.05) is 19.9 Å². The first-order valence-electron chi connectivity index (χ1n) is 9.50. The van der Waals surface area contributed by atoms with E-state index in [0.717, 1.165) is 13.0 Å². The van der Waals surface area contributed by atoms with Crippen LogP contribution in [-0.4, -0.2) is 30.7 Å². The molecule has 3 rings (SSSR count). The molecule has 2 aromatic rings. The maximum absolute atomic E-state index is 13.8. The number of pyridine rings is 1. The van der Waals surface area contributed by atoms with Crippen LogP contribution < -0.4 is 10.2 Å². The smallest absolute Gasteiger partial charge is 0.280 e. The van der Waals surface area contributed by atoms with Crippen molar-refractivity contribution in [2.75, 3.05) is 24.5 Å². The normalized spacial score (nSPS) is 17.8. The zero-order valence-electron chi connectivity index (χ0n) is 16.0. The first-order chi connectivity index (χ1) is 13.3. The van der Waals surface area contributed by atoms with E-state index in [2.05, 4.69) is 24.1 Å². The van der Waals surface area contributed by atoms with Crippen molar-refractivity contribution in [1.29, 1.82) is 0 Å². The van der Waals surface area contributed by atoms with E-state index < -0.39 is 12.9 Å². The highest BCUT2D eigenvalue weighted by Gasteiger charge is 2.25. The van der Waals surface area contributed by atoms with Gasteiger partial charge in [0, 0.05) is 43.1 Å². The van der Waals surface area contributed by atoms with Gasteiger partial charge in [-0.2, -0.15) is 0 Å². The van der Waals surface area contributed by atoms with Crippen LogP contribution in [-0.2, 0) is 0 Å². The van der Waals surface area contributed by atoms with E-state index in [1.54, 1.807) is 18.2 Å². The van der Waals surface area contributed by atoms with Crippen LogP contribution in [0.15, 0.2) is 36.5 Å². The zero-order valence-corrected chi connectivity index (χ0v) is 16.0. The second-order valence-electron chi connectivity index (χ2n) is 7.57. The fraction of sp³-hybridized carbons (Fsp3) is 0.476. The Labute approximate surface area is 162 Å². The lowest BCUT2D eigenvalue weighted by Crippen LogP contribution is -2.51. The minimum Gasteiger partial charge on any atom is -0.368 e. The van der Waals surface area contributed by atoms with Gasteiger partial charge in [0.05, 0.1) is 0 Å². The number of nitrogens with zero attached hydrogens (tertiary/aromatic N) is 2. The molecule has 0 aliphatic carbocycles. The number of rotatable bonds is 6. The van der Waals surface area contributed by atoms with Gasteiger partial charge in [-0.3, -0.25) is 4.98 Å². The molecule has 0 spiro atoms. The standard InChI is InChI=1S/C21H25F4N3/c1-13(2)9-16-12-28(8-7-26-16)19-4-3-14(10-17(19)20(22)23)15-5-6-27-18(11-15)21(24)25/h3-6,10-11,13,16,20-21,26H,7-9,12H2,1-2H3. The molecule has 0 bridgehead atoms. The van der Waals surface area contributed by atoms with Crippen LogP contribution in [0.3, 0.4) is 0 Å². The van der Waals surface area contributed by atoms with Crippen molar-refractivity contribution in [3.05, 3.63) is 47.8 Å². The van der Waals surface area contributed by atoms with E-state index in [0.29, 0.717) is 35.8 Å². The van der Waals surface area contributed by atoms with Crippen LogP contribution in [0.1, 0.15) is 44.4 Å². The molecule has 0 amide bonds. The van der Waals surface area contributed by atoms with Gasteiger partial charge in [-0.05, 0) is 47.7 Å². The minimum absolute atomic E-state index is 0.0712. The van der Waals surface area contributed by atoms with Crippen molar-refractivity contribution in [3.63, 3.8) is 0 Å². The van der Waals surface area contributed by atoms with Crippen molar-refractivity contribution in [1.82, 2.24) is 10.3 Å². The molecule has 1 aliphatic heterocycles. The van der Waals surface area contributed by atoms with Gasteiger partial charge >= 0.3 is 0 Å². The summed E-state index contributed by atoms with van der Waals surface area (Å²) in [5, 5.41) is 3.45. The Balaban J connectivity index is 1.90. The Bertz CT molecular complexity index is 795. The van der Waals surface area contributed by atoms with Crippen molar-refractivity contribution in [2.45, 2.75) is 39.2 Å². The van der Waals surface area contributed by atoms with E-state index in [9.17, 15) is 17.6 Å². The molecule has 1 atom stereocenters. The van der Waals surface area contributed by atoms with Crippen LogP contribution in [0.25, 0.3) is 11.1 Å². The summed E-state index contributed by atoms with van der Waals surface area (Å²) < 4.78 is 53.5. The lowest BCUT2D eigenvalue weighted by Gasteiger charge is -2.37. The second kappa shape index (κ2) is 8.90. The third-order valence-electron chi connectivity index (χ3n) is 4.95. The largest absolute Gasteiger partial charge is 0.368 e. The summed E-state index contributed by atoms with van der Waals surface area (Å²) in [6, 6.07) is 7.86. The van der Waals surface area contributed by atoms with Gasteiger partial charge in [0.25, 0.3) is 12.9 Å². The number of alkyl halides is 4. The molecule has 28 heavy (non-hydrogen) atoms. The average Bonchev–Trinajstić information content (AvgIpc) is 2.67. The Kier molecular flexibility index (Phi) is 6.54. The second-order valence-corrected chi connectivity index (χ2v) is 7.57. The molecule has 1 N–H and O–H groups in total. The first kappa shape index (κ1) is 20.6. The summed E-state index contributed by atoms with van der Waals surface area (Å²) in [5.74, 6) is 0.519. The number of nitrogens with one attached hydrogen (secondary N) is 1. The summed E-state index contributed by atoms with van der Waals surface area (Å²) in [6.07, 6.45) is -3.09. The average molecular weight is 395 g/mol. The monoisotopic (exact) mass is 395 g/mol. The molecule has 3 nitrogen and oxygen atoms in total. The molecule has 0 saturated carbocycles. The Hall–Kier alpha value is -2.15. The third-order valence-corrected chi connectivity index (χ3v) is 4.95. The van der Waals surface area contributed by atoms with E-state index >= 15 is 0 Å². The van der Waals surface area contributed by atoms with Gasteiger partial charge in [-0.15, -0.1) is 0 Å². The van der Waals surface area contributed by atoms with Crippen LogP contribution >= 0.6 is 0 Å². The predicted molar refractivity (Wildman–Crippen MR) is 103 cm³/mol. The van der Waals surface area contributed by atoms with E-state index in [1.165, 1.54) is 18.3 Å². The first-order valence-corrected chi connectivity index (χ1v) is 9.50. The molecule has 1 aliphatic rings. The maximum Gasteiger partial charge on any atom is 0.280 e. The number of halogens is 4. The Morgan fingerprint density at radius 1 is 1.07 bits per heavy atom. The van der Waals surface area contributed by atoms with Crippen molar-refractivity contribution >= 4 is 5.69 Å². The highest BCUT2D eigenvalue weighted by molar-refractivity contribution is 5.69. The van der Waals surface area contributed by atoms with Gasteiger partial charge < -0.3 is 10.2 Å². The van der Waals surface area contributed by atoms with Crippen LogP contribution in [0, 0.1) is 5.92 Å². The molecular weight excluding hydrogens is 370 g/mol. The molecule has 1 fully saturated rings. The van der Waals surface area contributed by atoms with Crippen molar-refractivity contribution < 1.29 is 17.6 Å². The number of hydrogen-bond donors (Lipinski definition) is 1. The zero-order chi connectivity index (χ0) is 20.3. The molecule has 2 heterocycles. The molecular formula is C21H25F4N3. The lowest BCUT2D eigenvalue weighted by molar-refractivity contribution is 0.146. The lowest BCUT2D eigenvalue weighted by atomic mass is 9.99. The molecule has 7 heteroatoms. The molecule has 1 saturated heterocycles. The number of hydrogen-bond acceptors (Lipinski definition) is 3. The summed E-state index contributed by atoms with van der Waals surface area (Å²) >= 11 is 0. The number of piperazine rings is 1. The Morgan fingerprint density at radius 2 is 1.82 bits per heavy atom. The molecule has 1 unspecified atom stereocenters. The quantitative estimate of drug-likeness (QED) is 0.660. The minimum atomic E-state index is -2.70. The fourth-order valence-electron chi connectivity index (χ4n) is 3.72. The highest BCUT2D eigenvalue weighted by atomic mass is 19.3. The summed E-state index contributed by atoms with van der Waals surface area (Å²) in [7, 11) is 0. The van der Waals surface area contributed by atoms with E-state index in [4.69, 9.17) is 0 Å². The van der Waals surface area contributed by atoms with Gasteiger partial charge in [-0.25, -0.2) is 17.6 Å². The topological polar surface area (TPSA) is 28.2 Å². The van der Waals surface area contributed by atoms with Crippen LogP contribution in [0.5, 0.6) is 0 Å². The summed E-state index contributed by atoms with van der Waals surface area (Å²) in [4.78, 5) is 5.62.